The van der Waals surface area contributed by atoms with E-state index in [9.17, 15) is 20.0 Å². The van der Waals surface area contributed by atoms with Crippen LogP contribution in [-0.4, -0.2) is 85.2 Å². The van der Waals surface area contributed by atoms with E-state index < -0.39 is 0 Å². The molecule has 10 nitrogen and oxygen atoms in total. The molecule has 1 unspecified atom stereocenters. The molecule has 0 aliphatic carbocycles. The number of rotatable bonds is 9. The Morgan fingerprint density at radius 1 is 1.39 bits per heavy atom. The number of fused-ring (bicyclic) bond motifs is 1. The molecule has 0 aromatic carbocycles. The van der Waals surface area contributed by atoms with Crippen LogP contribution in [0.3, 0.4) is 0 Å². The second-order valence-corrected chi connectivity index (χ2v) is 9.73. The van der Waals surface area contributed by atoms with Gasteiger partial charge in [0.25, 0.3) is 0 Å². The molecule has 38 heavy (non-hydrogen) atoms. The minimum atomic E-state index is -0.366. The van der Waals surface area contributed by atoms with Crippen molar-refractivity contribution in [3.05, 3.63) is 58.1 Å². The number of amides is 2. The largest absolute Gasteiger partial charge is 0.392 e. The van der Waals surface area contributed by atoms with E-state index in [-0.39, 0.29) is 24.4 Å². The van der Waals surface area contributed by atoms with Gasteiger partial charge in [0.15, 0.2) is 6.29 Å². The molecule has 2 aliphatic rings. The fourth-order valence-corrected chi connectivity index (χ4v) is 4.67. The number of nitrogens with zero attached hydrogens (tertiary/aromatic N) is 5. The molecule has 1 atom stereocenters. The number of aliphatic hydroxyl groups excluding tert-OH is 1. The number of urea groups is 1. The van der Waals surface area contributed by atoms with Gasteiger partial charge in [0.05, 0.1) is 30.6 Å². The number of anilines is 1. The summed E-state index contributed by atoms with van der Waals surface area (Å²) in [5, 5.41) is 22.5. The van der Waals surface area contributed by atoms with Gasteiger partial charge in [0.2, 0.25) is 0 Å². The quantitative estimate of drug-likeness (QED) is 0.288. The molecule has 3 rings (SSSR count). The fourth-order valence-electron chi connectivity index (χ4n) is 4.67. The highest BCUT2D eigenvalue weighted by Gasteiger charge is 2.27. The van der Waals surface area contributed by atoms with Crippen LogP contribution in [0.5, 0.6) is 0 Å². The summed E-state index contributed by atoms with van der Waals surface area (Å²) < 4.78 is 5.93. The third-order valence-electron chi connectivity index (χ3n) is 6.42. The molecular formula is C28H38N6O4. The number of morpholine rings is 1. The molecule has 0 bridgehead atoms. The Bertz CT molecular complexity index is 1150. The first-order valence-electron chi connectivity index (χ1n) is 13.0. The van der Waals surface area contributed by atoms with Gasteiger partial charge in [-0.3, -0.25) is 9.69 Å². The molecule has 10 heteroatoms. The van der Waals surface area contributed by atoms with E-state index in [0.29, 0.717) is 61.6 Å². The second-order valence-electron chi connectivity index (χ2n) is 9.73. The minimum absolute atomic E-state index is 0.00102. The van der Waals surface area contributed by atoms with Crippen molar-refractivity contribution in [3.8, 4) is 6.07 Å². The van der Waals surface area contributed by atoms with E-state index in [4.69, 9.17) is 4.74 Å². The van der Waals surface area contributed by atoms with Gasteiger partial charge in [0.1, 0.15) is 17.6 Å². The summed E-state index contributed by atoms with van der Waals surface area (Å²) in [6.45, 7) is 6.53. The number of pyridine rings is 1. The van der Waals surface area contributed by atoms with Gasteiger partial charge in [-0.25, -0.2) is 9.78 Å². The number of carbonyl (C=O) groups is 2. The molecule has 1 aromatic heterocycles. The van der Waals surface area contributed by atoms with Gasteiger partial charge in [-0.1, -0.05) is 13.0 Å². The fraction of sp³-hybridized carbons (Fsp3) is 0.500. The molecule has 2 amide bonds. The normalized spacial score (nSPS) is 18.8. The zero-order valence-electron chi connectivity index (χ0n) is 22.7. The lowest BCUT2D eigenvalue weighted by atomic mass is 10.0. The smallest absolute Gasteiger partial charge is 0.327 e. The maximum absolute atomic E-state index is 13.3. The SMILES string of the molecule is CC/C=C/C(C#N)=C(\C=C(/C)NC(=O)N1CCCc2cc(CO)c(C=O)nc21)N1CCOC(CN(C)C)C1. The lowest BCUT2D eigenvalue weighted by molar-refractivity contribution is -0.0262. The van der Waals surface area contributed by atoms with E-state index in [1.165, 1.54) is 4.90 Å². The highest BCUT2D eigenvalue weighted by Crippen LogP contribution is 2.27. The van der Waals surface area contributed by atoms with Crippen LogP contribution >= 0.6 is 0 Å². The number of allylic oxidation sites excluding steroid dienone is 5. The Morgan fingerprint density at radius 2 is 2.18 bits per heavy atom. The average Bonchev–Trinajstić information content (AvgIpc) is 2.91. The first-order valence-corrected chi connectivity index (χ1v) is 13.0. The van der Waals surface area contributed by atoms with E-state index in [2.05, 4.69) is 26.2 Å². The number of aliphatic hydroxyl groups is 1. The number of nitriles is 1. The third kappa shape index (κ3) is 7.28. The first kappa shape index (κ1) is 29.0. The van der Waals surface area contributed by atoms with Crippen LogP contribution in [0.25, 0.3) is 0 Å². The molecule has 2 aliphatic heterocycles. The molecule has 0 radical (unpaired) electrons. The number of aromatic nitrogens is 1. The van der Waals surface area contributed by atoms with Crippen molar-refractivity contribution in [1.29, 1.82) is 5.26 Å². The van der Waals surface area contributed by atoms with Gasteiger partial charge in [0, 0.05) is 37.4 Å². The van der Waals surface area contributed by atoms with Crippen LogP contribution in [0, 0.1) is 11.3 Å². The van der Waals surface area contributed by atoms with Crippen molar-refractivity contribution >= 4 is 18.1 Å². The van der Waals surface area contributed by atoms with Gasteiger partial charge in [-0.05, 0) is 64.1 Å². The first-order chi connectivity index (χ1) is 18.3. The monoisotopic (exact) mass is 522 g/mol. The zero-order chi connectivity index (χ0) is 27.7. The number of aryl methyl sites for hydroxylation is 1. The lowest BCUT2D eigenvalue weighted by Crippen LogP contribution is -2.46. The van der Waals surface area contributed by atoms with Crippen molar-refractivity contribution in [2.45, 2.75) is 45.8 Å². The third-order valence-corrected chi connectivity index (χ3v) is 6.42. The van der Waals surface area contributed by atoms with E-state index in [1.54, 1.807) is 13.0 Å². The van der Waals surface area contributed by atoms with Crippen molar-refractivity contribution in [2.24, 2.45) is 0 Å². The predicted molar refractivity (Wildman–Crippen MR) is 145 cm³/mol. The minimum Gasteiger partial charge on any atom is -0.392 e. The Hall–Kier alpha value is -3.52. The van der Waals surface area contributed by atoms with Crippen LogP contribution in [0.4, 0.5) is 10.6 Å². The van der Waals surface area contributed by atoms with Crippen LogP contribution in [-0.2, 0) is 17.8 Å². The van der Waals surface area contributed by atoms with Crippen LogP contribution in [0.15, 0.2) is 41.3 Å². The Kier molecular flexibility index (Phi) is 10.6. The number of nitrogens with one attached hydrogen (secondary N) is 1. The maximum Gasteiger partial charge on any atom is 0.327 e. The molecule has 0 spiro atoms. The van der Waals surface area contributed by atoms with Gasteiger partial charge >= 0.3 is 6.03 Å². The van der Waals surface area contributed by atoms with Crippen molar-refractivity contribution < 1.29 is 19.4 Å². The summed E-state index contributed by atoms with van der Waals surface area (Å²) in [7, 11) is 4.00. The van der Waals surface area contributed by atoms with E-state index in [1.807, 2.05) is 39.2 Å². The topological polar surface area (TPSA) is 122 Å². The standard InChI is InChI=1S/C28H38N6O4/c1-5-6-8-22(15-29)26(33-11-12-38-24(17-33)16-32(3)4)13-20(2)30-28(37)34-10-7-9-21-14-23(18-35)25(19-36)31-27(21)34/h6,8,13-14,19,24,35H,5,7,9-12,16-18H2,1-4H3,(H,30,37)/b8-6+,20-13+,26-22-. The average molecular weight is 523 g/mol. The number of aldehydes is 1. The molecule has 0 saturated carbocycles. The Labute approximate surface area is 224 Å². The Balaban J connectivity index is 1.89. The number of hydrogen-bond acceptors (Lipinski definition) is 8. The summed E-state index contributed by atoms with van der Waals surface area (Å²) in [6, 6.07) is 3.70. The summed E-state index contributed by atoms with van der Waals surface area (Å²) in [5.74, 6) is 0.430. The van der Waals surface area contributed by atoms with Gasteiger partial charge < -0.3 is 25.0 Å². The number of carbonyl (C=O) groups excluding carboxylic acids is 2. The van der Waals surface area contributed by atoms with E-state index >= 15 is 0 Å². The lowest BCUT2D eigenvalue weighted by Gasteiger charge is -2.36. The van der Waals surface area contributed by atoms with Gasteiger partial charge in [-0.2, -0.15) is 5.26 Å². The Morgan fingerprint density at radius 3 is 2.84 bits per heavy atom. The molecule has 1 saturated heterocycles. The van der Waals surface area contributed by atoms with Crippen LogP contribution in [0.1, 0.15) is 48.3 Å². The number of hydrogen-bond donors (Lipinski definition) is 2. The number of ether oxygens (including phenoxy) is 1. The second kappa shape index (κ2) is 13.9. The molecule has 204 valence electrons. The maximum atomic E-state index is 13.3. The molecule has 2 N–H and O–H groups in total. The van der Waals surface area contributed by atoms with E-state index in [0.717, 1.165) is 30.6 Å². The molecular weight excluding hydrogens is 484 g/mol. The summed E-state index contributed by atoms with van der Waals surface area (Å²) in [4.78, 5) is 34.9. The zero-order valence-corrected chi connectivity index (χ0v) is 22.7. The van der Waals surface area contributed by atoms with Crippen molar-refractivity contribution in [1.82, 2.24) is 20.1 Å². The molecule has 3 heterocycles. The van der Waals surface area contributed by atoms with Crippen molar-refractivity contribution in [3.63, 3.8) is 0 Å². The van der Waals surface area contributed by atoms with Gasteiger partial charge in [-0.15, -0.1) is 0 Å². The number of likely N-dealkylation sites (N-methyl/N-ethyl adjacent to an activating group) is 1. The molecule has 1 aromatic rings. The summed E-state index contributed by atoms with van der Waals surface area (Å²) in [5.41, 5.74) is 3.23. The van der Waals surface area contributed by atoms with Crippen molar-refractivity contribution in [2.75, 3.05) is 51.8 Å². The predicted octanol–water partition coefficient (Wildman–Crippen LogP) is 2.76. The highest BCUT2D eigenvalue weighted by atomic mass is 16.5. The van der Waals surface area contributed by atoms with Crippen LogP contribution < -0.4 is 10.2 Å². The molecule has 1 fully saturated rings. The highest BCUT2D eigenvalue weighted by molar-refractivity contribution is 5.93. The summed E-state index contributed by atoms with van der Waals surface area (Å²) >= 11 is 0. The van der Waals surface area contributed by atoms with Crippen LogP contribution in [0.2, 0.25) is 0 Å². The summed E-state index contributed by atoms with van der Waals surface area (Å²) in [6.07, 6.45) is 8.44.